The molecule has 8 nitrogen and oxygen atoms in total. The number of amides is 2. The number of carbonyl (C=O) groups excluding carboxylic acids is 1. The lowest BCUT2D eigenvalue weighted by Gasteiger charge is -2.30. The maximum Gasteiger partial charge on any atom is 0.324 e. The normalized spacial score (nSPS) is 18.4. The van der Waals surface area contributed by atoms with E-state index in [1.54, 1.807) is 18.3 Å². The van der Waals surface area contributed by atoms with Gasteiger partial charge in [-0.3, -0.25) is 10.1 Å². The Labute approximate surface area is 130 Å². The Hall–Kier alpha value is -2.35. The SMILES string of the molecule is O=C(O)C1CCCN(C(=O)Nc2nc3cc(Cl)ccn3n2)C1. The lowest BCUT2D eigenvalue weighted by molar-refractivity contribution is -0.143. The zero-order valence-electron chi connectivity index (χ0n) is 11.6. The van der Waals surface area contributed by atoms with Crippen molar-refractivity contribution in [3.8, 4) is 0 Å². The third-order valence-electron chi connectivity index (χ3n) is 3.58. The zero-order valence-corrected chi connectivity index (χ0v) is 12.3. The van der Waals surface area contributed by atoms with Crippen LogP contribution in [0.3, 0.4) is 0 Å². The molecule has 1 aliphatic rings. The van der Waals surface area contributed by atoms with Gasteiger partial charge < -0.3 is 10.0 Å². The molecule has 0 spiro atoms. The van der Waals surface area contributed by atoms with Gasteiger partial charge in [-0.05, 0) is 18.9 Å². The number of hydrogen-bond donors (Lipinski definition) is 2. The van der Waals surface area contributed by atoms with E-state index in [0.29, 0.717) is 30.1 Å². The summed E-state index contributed by atoms with van der Waals surface area (Å²) in [5.41, 5.74) is 0.518. The first kappa shape index (κ1) is 14.6. The maximum absolute atomic E-state index is 12.2. The van der Waals surface area contributed by atoms with Gasteiger partial charge in [0.15, 0.2) is 5.65 Å². The molecule has 1 unspecified atom stereocenters. The Morgan fingerprint density at radius 2 is 2.27 bits per heavy atom. The number of hydrogen-bond acceptors (Lipinski definition) is 4. The van der Waals surface area contributed by atoms with Gasteiger partial charge in [-0.1, -0.05) is 11.6 Å². The minimum absolute atomic E-state index is 0.157. The van der Waals surface area contributed by atoms with Crippen molar-refractivity contribution in [2.24, 2.45) is 5.92 Å². The van der Waals surface area contributed by atoms with Crippen LogP contribution >= 0.6 is 11.6 Å². The molecular weight excluding hydrogens is 310 g/mol. The minimum atomic E-state index is -0.877. The Kier molecular flexibility index (Phi) is 3.84. The number of anilines is 1. The predicted molar refractivity (Wildman–Crippen MR) is 78.9 cm³/mol. The summed E-state index contributed by atoms with van der Waals surface area (Å²) in [5, 5.41) is 16.3. The minimum Gasteiger partial charge on any atom is -0.481 e. The molecular formula is C13H14ClN5O3. The van der Waals surface area contributed by atoms with Crippen LogP contribution in [0.4, 0.5) is 10.7 Å². The number of likely N-dealkylation sites (tertiary alicyclic amines) is 1. The van der Waals surface area contributed by atoms with Crippen molar-refractivity contribution < 1.29 is 14.7 Å². The summed E-state index contributed by atoms with van der Waals surface area (Å²) in [5.74, 6) is -1.24. The van der Waals surface area contributed by atoms with E-state index in [4.69, 9.17) is 16.7 Å². The average molecular weight is 324 g/mol. The summed E-state index contributed by atoms with van der Waals surface area (Å²) in [7, 11) is 0. The third-order valence-corrected chi connectivity index (χ3v) is 3.81. The first-order valence-electron chi connectivity index (χ1n) is 6.83. The Balaban J connectivity index is 1.71. The molecule has 2 amide bonds. The van der Waals surface area contributed by atoms with E-state index in [2.05, 4.69) is 15.4 Å². The molecule has 116 valence electrons. The Bertz CT molecular complexity index is 732. The molecule has 22 heavy (non-hydrogen) atoms. The molecule has 1 atom stereocenters. The largest absolute Gasteiger partial charge is 0.481 e. The molecule has 0 radical (unpaired) electrons. The molecule has 3 heterocycles. The number of nitrogens with zero attached hydrogens (tertiary/aromatic N) is 4. The number of carboxylic acid groups (broad SMARTS) is 1. The van der Waals surface area contributed by atoms with Gasteiger partial charge in [0.25, 0.3) is 5.95 Å². The highest BCUT2D eigenvalue weighted by atomic mass is 35.5. The number of nitrogens with one attached hydrogen (secondary N) is 1. The van der Waals surface area contributed by atoms with Crippen LogP contribution in [0.5, 0.6) is 0 Å². The van der Waals surface area contributed by atoms with Crippen LogP contribution < -0.4 is 5.32 Å². The number of aromatic nitrogens is 3. The monoisotopic (exact) mass is 323 g/mol. The molecule has 0 saturated carbocycles. The van der Waals surface area contributed by atoms with Crippen molar-refractivity contribution in [3.63, 3.8) is 0 Å². The molecule has 1 fully saturated rings. The average Bonchev–Trinajstić information content (AvgIpc) is 2.88. The van der Waals surface area contributed by atoms with E-state index < -0.39 is 17.9 Å². The van der Waals surface area contributed by atoms with E-state index in [0.717, 1.165) is 0 Å². The molecule has 0 aliphatic carbocycles. The van der Waals surface area contributed by atoms with Crippen molar-refractivity contribution in [3.05, 3.63) is 23.4 Å². The summed E-state index contributed by atoms with van der Waals surface area (Å²) in [6.07, 6.45) is 2.89. The van der Waals surface area contributed by atoms with E-state index in [1.165, 1.54) is 9.42 Å². The molecule has 1 saturated heterocycles. The predicted octanol–water partition coefficient (Wildman–Crippen LogP) is 1.71. The Morgan fingerprint density at radius 1 is 1.45 bits per heavy atom. The molecule has 2 aromatic rings. The van der Waals surface area contributed by atoms with Gasteiger partial charge in [0.2, 0.25) is 0 Å². The van der Waals surface area contributed by atoms with Crippen molar-refractivity contribution in [2.45, 2.75) is 12.8 Å². The van der Waals surface area contributed by atoms with Gasteiger partial charge in [-0.2, -0.15) is 4.98 Å². The molecule has 3 rings (SSSR count). The third kappa shape index (κ3) is 2.96. The summed E-state index contributed by atoms with van der Waals surface area (Å²) in [6.45, 7) is 0.717. The van der Waals surface area contributed by atoms with Gasteiger partial charge in [0.05, 0.1) is 5.92 Å². The summed E-state index contributed by atoms with van der Waals surface area (Å²) in [4.78, 5) is 28.8. The fraction of sp³-hybridized carbons (Fsp3) is 0.385. The number of urea groups is 1. The van der Waals surface area contributed by atoms with Crippen LogP contribution in [0, 0.1) is 5.92 Å². The lowest BCUT2D eigenvalue weighted by Crippen LogP contribution is -2.44. The number of piperidine rings is 1. The zero-order chi connectivity index (χ0) is 15.7. The fourth-order valence-corrected chi connectivity index (χ4v) is 2.60. The number of carbonyl (C=O) groups is 2. The van der Waals surface area contributed by atoms with Crippen LogP contribution in [-0.4, -0.2) is 49.7 Å². The molecule has 1 aliphatic heterocycles. The van der Waals surface area contributed by atoms with Crippen LogP contribution in [0.15, 0.2) is 18.3 Å². The van der Waals surface area contributed by atoms with Gasteiger partial charge in [0.1, 0.15) is 0 Å². The van der Waals surface area contributed by atoms with Crippen LogP contribution in [0.25, 0.3) is 5.65 Å². The van der Waals surface area contributed by atoms with E-state index in [-0.39, 0.29) is 12.5 Å². The summed E-state index contributed by atoms with van der Waals surface area (Å²) >= 11 is 5.87. The van der Waals surface area contributed by atoms with Crippen molar-refractivity contribution in [1.29, 1.82) is 0 Å². The number of pyridine rings is 1. The molecule has 9 heteroatoms. The Morgan fingerprint density at radius 3 is 3.05 bits per heavy atom. The smallest absolute Gasteiger partial charge is 0.324 e. The fourth-order valence-electron chi connectivity index (χ4n) is 2.45. The second-order valence-corrected chi connectivity index (χ2v) is 5.57. The highest BCUT2D eigenvalue weighted by molar-refractivity contribution is 6.30. The number of aliphatic carboxylic acids is 1. The van der Waals surface area contributed by atoms with Crippen molar-refractivity contribution in [2.75, 3.05) is 18.4 Å². The maximum atomic E-state index is 12.2. The molecule has 2 N–H and O–H groups in total. The van der Waals surface area contributed by atoms with Crippen molar-refractivity contribution >= 4 is 35.2 Å². The summed E-state index contributed by atoms with van der Waals surface area (Å²) < 4.78 is 1.50. The molecule has 0 bridgehead atoms. The van der Waals surface area contributed by atoms with E-state index >= 15 is 0 Å². The number of fused-ring (bicyclic) bond motifs is 1. The molecule has 2 aromatic heterocycles. The first-order valence-corrected chi connectivity index (χ1v) is 7.21. The molecule has 0 aromatic carbocycles. The van der Waals surface area contributed by atoms with Crippen LogP contribution in [0.2, 0.25) is 5.02 Å². The quantitative estimate of drug-likeness (QED) is 0.876. The van der Waals surface area contributed by atoms with Crippen LogP contribution in [-0.2, 0) is 4.79 Å². The van der Waals surface area contributed by atoms with Crippen LogP contribution in [0.1, 0.15) is 12.8 Å². The number of halogens is 1. The first-order chi connectivity index (χ1) is 10.5. The van der Waals surface area contributed by atoms with Gasteiger partial charge >= 0.3 is 12.0 Å². The summed E-state index contributed by atoms with van der Waals surface area (Å²) in [6, 6.07) is 2.90. The van der Waals surface area contributed by atoms with Gasteiger partial charge in [0, 0.05) is 30.4 Å². The standard InChI is InChI=1S/C13H14ClN5O3/c14-9-3-5-19-10(6-9)15-12(17-19)16-13(22)18-4-1-2-8(7-18)11(20)21/h3,5-6,8H,1-2,4,7H2,(H,20,21)(H,16,17,22). The second kappa shape index (κ2) is 5.80. The van der Waals surface area contributed by atoms with E-state index in [9.17, 15) is 9.59 Å². The highest BCUT2D eigenvalue weighted by Crippen LogP contribution is 2.18. The van der Waals surface area contributed by atoms with Gasteiger partial charge in [-0.25, -0.2) is 9.31 Å². The number of carboxylic acids is 1. The van der Waals surface area contributed by atoms with Gasteiger partial charge in [-0.15, -0.1) is 5.10 Å². The number of rotatable bonds is 2. The van der Waals surface area contributed by atoms with Crippen molar-refractivity contribution in [1.82, 2.24) is 19.5 Å². The lowest BCUT2D eigenvalue weighted by atomic mass is 9.99. The highest BCUT2D eigenvalue weighted by Gasteiger charge is 2.28. The topological polar surface area (TPSA) is 99.8 Å². The van der Waals surface area contributed by atoms with E-state index in [1.807, 2.05) is 0 Å². The second-order valence-electron chi connectivity index (χ2n) is 5.14.